The lowest BCUT2D eigenvalue weighted by Gasteiger charge is -2.20. The van der Waals surface area contributed by atoms with Crippen LogP contribution in [0, 0.1) is 0 Å². The highest BCUT2D eigenvalue weighted by Gasteiger charge is 2.14. The number of hydrogen-bond acceptors (Lipinski definition) is 5. The summed E-state index contributed by atoms with van der Waals surface area (Å²) in [6.07, 6.45) is 1.66. The molecule has 0 fully saturated rings. The highest BCUT2D eigenvalue weighted by molar-refractivity contribution is 5.83. The van der Waals surface area contributed by atoms with Gasteiger partial charge in [0.25, 0.3) is 5.91 Å². The Kier molecular flexibility index (Phi) is 7.38. The number of anilines is 1. The van der Waals surface area contributed by atoms with Gasteiger partial charge in [-0.2, -0.15) is 0 Å². The first-order valence-corrected chi connectivity index (χ1v) is 8.27. The molecule has 26 heavy (non-hydrogen) atoms. The highest BCUT2D eigenvalue weighted by atomic mass is 16.7. The summed E-state index contributed by atoms with van der Waals surface area (Å²) in [5.74, 6) is -0.342. The SMILES string of the molecule is CCN(OCc1ccccn1)C(=O)CNC(=O)NCc1ccc(N)cc1. The summed E-state index contributed by atoms with van der Waals surface area (Å²) in [7, 11) is 0. The molecule has 0 radical (unpaired) electrons. The number of hydroxylamine groups is 2. The number of nitrogen functional groups attached to an aromatic ring is 1. The van der Waals surface area contributed by atoms with E-state index in [-0.39, 0.29) is 19.1 Å². The van der Waals surface area contributed by atoms with Crippen LogP contribution in [0.15, 0.2) is 48.7 Å². The second kappa shape index (κ2) is 10.00. The number of carbonyl (C=O) groups is 2. The predicted octanol–water partition coefficient (Wildman–Crippen LogP) is 1.44. The van der Waals surface area contributed by atoms with Crippen LogP contribution >= 0.6 is 0 Å². The number of nitrogens with zero attached hydrogens (tertiary/aromatic N) is 2. The summed E-state index contributed by atoms with van der Waals surface area (Å²) >= 11 is 0. The molecule has 0 atom stereocenters. The maximum Gasteiger partial charge on any atom is 0.315 e. The maximum atomic E-state index is 12.1. The van der Waals surface area contributed by atoms with Crippen molar-refractivity contribution in [1.29, 1.82) is 0 Å². The van der Waals surface area contributed by atoms with Crippen LogP contribution in [0.5, 0.6) is 0 Å². The van der Waals surface area contributed by atoms with E-state index in [0.29, 0.717) is 24.5 Å². The van der Waals surface area contributed by atoms with Gasteiger partial charge in [0.05, 0.1) is 5.69 Å². The van der Waals surface area contributed by atoms with Crippen molar-refractivity contribution in [3.8, 4) is 0 Å². The van der Waals surface area contributed by atoms with E-state index in [9.17, 15) is 9.59 Å². The summed E-state index contributed by atoms with van der Waals surface area (Å²) < 4.78 is 0. The van der Waals surface area contributed by atoms with E-state index < -0.39 is 6.03 Å². The van der Waals surface area contributed by atoms with Crippen LogP contribution in [0.4, 0.5) is 10.5 Å². The number of urea groups is 1. The smallest absolute Gasteiger partial charge is 0.315 e. The van der Waals surface area contributed by atoms with Crippen molar-refractivity contribution in [3.05, 3.63) is 59.9 Å². The van der Waals surface area contributed by atoms with Crippen LogP contribution in [0.25, 0.3) is 0 Å². The predicted molar refractivity (Wildman–Crippen MR) is 97.5 cm³/mol. The molecule has 0 saturated carbocycles. The quantitative estimate of drug-likeness (QED) is 0.489. The minimum atomic E-state index is -0.434. The molecule has 0 unspecified atom stereocenters. The first kappa shape index (κ1) is 19.2. The molecule has 2 rings (SSSR count). The third kappa shape index (κ3) is 6.40. The standard InChI is InChI=1S/C18H23N5O3/c1-2-23(26-13-16-5-3-4-10-20-16)17(24)12-22-18(25)21-11-14-6-8-15(19)9-7-14/h3-10H,2,11-13,19H2,1H3,(H2,21,22,25). The van der Waals surface area contributed by atoms with E-state index in [1.807, 2.05) is 18.2 Å². The monoisotopic (exact) mass is 357 g/mol. The molecule has 138 valence electrons. The zero-order valence-electron chi connectivity index (χ0n) is 14.6. The Morgan fingerprint density at radius 1 is 1.15 bits per heavy atom. The van der Waals surface area contributed by atoms with Crippen molar-refractivity contribution in [3.63, 3.8) is 0 Å². The van der Waals surface area contributed by atoms with Gasteiger partial charge in [-0.25, -0.2) is 9.86 Å². The molecule has 2 aromatic rings. The van der Waals surface area contributed by atoms with Crippen LogP contribution < -0.4 is 16.4 Å². The Bertz CT molecular complexity index is 707. The number of aromatic nitrogens is 1. The Balaban J connectivity index is 1.71. The number of amides is 3. The molecule has 1 aromatic carbocycles. The number of hydrogen-bond donors (Lipinski definition) is 3. The number of nitrogens with one attached hydrogen (secondary N) is 2. The van der Waals surface area contributed by atoms with E-state index in [1.165, 1.54) is 5.06 Å². The van der Waals surface area contributed by atoms with Crippen LogP contribution in [0.2, 0.25) is 0 Å². The fourth-order valence-electron chi connectivity index (χ4n) is 2.09. The summed E-state index contributed by atoms with van der Waals surface area (Å²) in [5.41, 5.74) is 7.90. The van der Waals surface area contributed by atoms with E-state index in [0.717, 1.165) is 5.56 Å². The summed E-state index contributed by atoms with van der Waals surface area (Å²) in [5, 5.41) is 6.39. The largest absolute Gasteiger partial charge is 0.399 e. The normalized spacial score (nSPS) is 10.2. The molecule has 0 spiro atoms. The van der Waals surface area contributed by atoms with Crippen molar-refractivity contribution >= 4 is 17.6 Å². The average molecular weight is 357 g/mol. The fraction of sp³-hybridized carbons (Fsp3) is 0.278. The van der Waals surface area contributed by atoms with Gasteiger partial charge in [-0.1, -0.05) is 18.2 Å². The number of nitrogens with two attached hydrogens (primary N) is 1. The Morgan fingerprint density at radius 2 is 1.92 bits per heavy atom. The molecule has 0 aliphatic heterocycles. The molecule has 0 bridgehead atoms. The second-order valence-corrected chi connectivity index (χ2v) is 5.46. The van der Waals surface area contributed by atoms with Crippen LogP contribution in [-0.2, 0) is 22.8 Å². The number of likely N-dealkylation sites (N-methyl/N-ethyl adjacent to an activating group) is 1. The molecule has 8 nitrogen and oxygen atoms in total. The molecule has 0 aliphatic carbocycles. The van der Waals surface area contributed by atoms with Crippen molar-refractivity contribution in [2.45, 2.75) is 20.1 Å². The molecule has 0 aliphatic rings. The maximum absolute atomic E-state index is 12.1. The Morgan fingerprint density at radius 3 is 2.58 bits per heavy atom. The van der Waals surface area contributed by atoms with Crippen LogP contribution in [-0.4, -0.2) is 35.1 Å². The van der Waals surface area contributed by atoms with Gasteiger partial charge in [-0.15, -0.1) is 0 Å². The molecular formula is C18H23N5O3. The third-order valence-corrected chi connectivity index (χ3v) is 3.49. The molecule has 3 amide bonds. The zero-order valence-corrected chi connectivity index (χ0v) is 14.6. The molecular weight excluding hydrogens is 334 g/mol. The van der Waals surface area contributed by atoms with Crippen molar-refractivity contribution in [1.82, 2.24) is 20.7 Å². The van der Waals surface area contributed by atoms with Gasteiger partial charge in [-0.05, 0) is 36.8 Å². The first-order chi connectivity index (χ1) is 12.6. The van der Waals surface area contributed by atoms with Gasteiger partial charge in [0.2, 0.25) is 0 Å². The van der Waals surface area contributed by atoms with Crippen LogP contribution in [0.1, 0.15) is 18.2 Å². The van der Waals surface area contributed by atoms with Crippen LogP contribution in [0.3, 0.4) is 0 Å². The summed E-state index contributed by atoms with van der Waals surface area (Å²) in [6.45, 7) is 2.51. The van der Waals surface area contributed by atoms with E-state index >= 15 is 0 Å². The van der Waals surface area contributed by atoms with Gasteiger partial charge in [-0.3, -0.25) is 14.6 Å². The molecule has 1 aromatic heterocycles. The van der Waals surface area contributed by atoms with Gasteiger partial charge in [0.1, 0.15) is 13.2 Å². The van der Waals surface area contributed by atoms with Gasteiger partial charge in [0.15, 0.2) is 0 Å². The molecule has 8 heteroatoms. The van der Waals surface area contributed by atoms with E-state index in [2.05, 4.69) is 15.6 Å². The van der Waals surface area contributed by atoms with E-state index in [1.54, 1.807) is 37.4 Å². The molecule has 4 N–H and O–H groups in total. The lowest BCUT2D eigenvalue weighted by molar-refractivity contribution is -0.189. The Labute approximate surface area is 152 Å². The van der Waals surface area contributed by atoms with Gasteiger partial charge in [0, 0.05) is 25.0 Å². The summed E-state index contributed by atoms with van der Waals surface area (Å²) in [6, 6.07) is 12.2. The van der Waals surface area contributed by atoms with Crippen molar-refractivity contribution in [2.24, 2.45) is 0 Å². The summed E-state index contributed by atoms with van der Waals surface area (Å²) in [4.78, 5) is 33.5. The fourth-order valence-corrected chi connectivity index (χ4v) is 2.09. The minimum Gasteiger partial charge on any atom is -0.399 e. The lowest BCUT2D eigenvalue weighted by atomic mass is 10.2. The lowest BCUT2D eigenvalue weighted by Crippen LogP contribution is -2.43. The minimum absolute atomic E-state index is 0.163. The Hall–Kier alpha value is -3.13. The highest BCUT2D eigenvalue weighted by Crippen LogP contribution is 2.04. The molecule has 0 saturated heterocycles. The van der Waals surface area contributed by atoms with Crippen molar-refractivity contribution in [2.75, 3.05) is 18.8 Å². The number of rotatable bonds is 8. The third-order valence-electron chi connectivity index (χ3n) is 3.49. The van der Waals surface area contributed by atoms with Gasteiger partial charge < -0.3 is 16.4 Å². The topological polar surface area (TPSA) is 110 Å². The number of pyridine rings is 1. The zero-order chi connectivity index (χ0) is 18.8. The first-order valence-electron chi connectivity index (χ1n) is 8.27. The van der Waals surface area contributed by atoms with Crippen molar-refractivity contribution < 1.29 is 14.4 Å². The van der Waals surface area contributed by atoms with E-state index in [4.69, 9.17) is 10.6 Å². The van der Waals surface area contributed by atoms with Gasteiger partial charge >= 0.3 is 6.03 Å². The number of benzene rings is 1. The second-order valence-electron chi connectivity index (χ2n) is 5.46. The molecule has 1 heterocycles. The number of carbonyl (C=O) groups excluding carboxylic acids is 2. The average Bonchev–Trinajstić information content (AvgIpc) is 2.67.